The van der Waals surface area contributed by atoms with Crippen LogP contribution in [0.25, 0.3) is 0 Å². The molecule has 1 rings (SSSR count). The predicted octanol–water partition coefficient (Wildman–Crippen LogP) is 0.825. The Morgan fingerprint density at radius 3 is 3.08 bits per heavy atom. The van der Waals surface area contributed by atoms with Crippen molar-refractivity contribution < 1.29 is 4.79 Å². The van der Waals surface area contributed by atoms with Gasteiger partial charge in [-0.1, -0.05) is 0 Å². The summed E-state index contributed by atoms with van der Waals surface area (Å²) in [6.07, 6.45) is 0. The molecule has 66 valence electrons. The number of carbonyl (C=O) groups excluding carboxylic acids is 1. The number of carbonyl (C=O) groups is 1. The summed E-state index contributed by atoms with van der Waals surface area (Å²) in [4.78, 5) is 11.3. The molecule has 1 aromatic heterocycles. The molecule has 3 N–H and O–H groups in total. The van der Waals surface area contributed by atoms with E-state index in [0.717, 1.165) is 0 Å². The Morgan fingerprint density at radius 1 is 1.83 bits per heavy atom. The van der Waals surface area contributed by atoms with Crippen molar-refractivity contribution >= 4 is 17.2 Å². The van der Waals surface area contributed by atoms with Gasteiger partial charge in [0.05, 0.1) is 0 Å². The summed E-state index contributed by atoms with van der Waals surface area (Å²) >= 11 is 1.51. The normalized spacial score (nSPS) is 12.5. The third-order valence-corrected chi connectivity index (χ3v) is 2.05. The smallest absolute Gasteiger partial charge is 0.252 e. The van der Waals surface area contributed by atoms with E-state index >= 15 is 0 Å². The van der Waals surface area contributed by atoms with E-state index in [2.05, 4.69) is 5.32 Å². The molecule has 0 fully saturated rings. The van der Waals surface area contributed by atoms with Gasteiger partial charge in [0.15, 0.2) is 0 Å². The highest BCUT2D eigenvalue weighted by Crippen LogP contribution is 2.04. The van der Waals surface area contributed by atoms with Crippen LogP contribution in [0.1, 0.15) is 17.3 Å². The second-order valence-electron chi connectivity index (χ2n) is 2.70. The third kappa shape index (κ3) is 2.64. The van der Waals surface area contributed by atoms with Crippen molar-refractivity contribution in [2.75, 3.05) is 6.54 Å². The molecule has 0 saturated carbocycles. The standard InChI is InChI=1S/C8H12N2OS/c1-6(9)4-10-8(11)7-2-3-12-5-7/h2-3,5-6H,4,9H2,1H3,(H,10,11). The van der Waals surface area contributed by atoms with Gasteiger partial charge in [0, 0.05) is 23.5 Å². The van der Waals surface area contributed by atoms with Crippen LogP contribution in [0.2, 0.25) is 0 Å². The van der Waals surface area contributed by atoms with Crippen LogP contribution in [0, 0.1) is 0 Å². The first-order chi connectivity index (χ1) is 5.70. The molecule has 0 aliphatic carbocycles. The van der Waals surface area contributed by atoms with Gasteiger partial charge in [-0.2, -0.15) is 11.3 Å². The van der Waals surface area contributed by atoms with Gasteiger partial charge in [0.1, 0.15) is 0 Å². The quantitative estimate of drug-likeness (QED) is 0.731. The molecule has 0 spiro atoms. The lowest BCUT2D eigenvalue weighted by atomic mass is 10.3. The second kappa shape index (κ2) is 4.23. The third-order valence-electron chi connectivity index (χ3n) is 1.37. The van der Waals surface area contributed by atoms with Crippen molar-refractivity contribution in [1.82, 2.24) is 5.32 Å². The van der Waals surface area contributed by atoms with E-state index in [9.17, 15) is 4.79 Å². The summed E-state index contributed by atoms with van der Waals surface area (Å²) < 4.78 is 0. The second-order valence-corrected chi connectivity index (χ2v) is 3.48. The van der Waals surface area contributed by atoms with Crippen LogP contribution in [-0.2, 0) is 0 Å². The summed E-state index contributed by atoms with van der Waals surface area (Å²) in [5.74, 6) is -0.0476. The SMILES string of the molecule is CC(N)CNC(=O)c1ccsc1. The van der Waals surface area contributed by atoms with Gasteiger partial charge in [0.25, 0.3) is 5.91 Å². The molecule has 0 saturated heterocycles. The van der Waals surface area contributed by atoms with E-state index in [1.54, 1.807) is 6.07 Å². The van der Waals surface area contributed by atoms with Crippen molar-refractivity contribution in [3.63, 3.8) is 0 Å². The van der Waals surface area contributed by atoms with Crippen molar-refractivity contribution in [1.29, 1.82) is 0 Å². The Hall–Kier alpha value is -0.870. The molecule has 1 amide bonds. The molecule has 0 aromatic carbocycles. The van der Waals surface area contributed by atoms with Gasteiger partial charge < -0.3 is 11.1 Å². The van der Waals surface area contributed by atoms with Gasteiger partial charge in [0.2, 0.25) is 0 Å². The molecular weight excluding hydrogens is 172 g/mol. The van der Waals surface area contributed by atoms with E-state index in [4.69, 9.17) is 5.73 Å². The Labute approximate surface area is 75.6 Å². The van der Waals surface area contributed by atoms with Crippen LogP contribution >= 0.6 is 11.3 Å². The number of hydrogen-bond donors (Lipinski definition) is 2. The molecule has 0 radical (unpaired) electrons. The van der Waals surface area contributed by atoms with Crippen LogP contribution in [0.5, 0.6) is 0 Å². The molecule has 0 aliphatic heterocycles. The van der Waals surface area contributed by atoms with Crippen LogP contribution in [0.4, 0.5) is 0 Å². The van der Waals surface area contributed by atoms with Gasteiger partial charge in [-0.25, -0.2) is 0 Å². The van der Waals surface area contributed by atoms with Crippen molar-refractivity contribution in [2.45, 2.75) is 13.0 Å². The predicted molar refractivity (Wildman–Crippen MR) is 50.3 cm³/mol. The number of amides is 1. The summed E-state index contributed by atoms with van der Waals surface area (Å²) in [7, 11) is 0. The molecule has 4 heteroatoms. The number of nitrogens with one attached hydrogen (secondary N) is 1. The topological polar surface area (TPSA) is 55.1 Å². The first kappa shape index (κ1) is 9.22. The number of rotatable bonds is 3. The average Bonchev–Trinajstić information content (AvgIpc) is 2.51. The zero-order valence-corrected chi connectivity index (χ0v) is 7.73. The number of thiophene rings is 1. The van der Waals surface area contributed by atoms with Crippen LogP contribution in [0.15, 0.2) is 16.8 Å². The Balaban J connectivity index is 2.40. The molecule has 1 atom stereocenters. The van der Waals surface area contributed by atoms with Crippen molar-refractivity contribution in [3.8, 4) is 0 Å². The molecule has 1 unspecified atom stereocenters. The Bertz CT molecular complexity index is 244. The van der Waals surface area contributed by atoms with Crippen LogP contribution < -0.4 is 11.1 Å². The number of nitrogens with two attached hydrogens (primary N) is 1. The zero-order valence-electron chi connectivity index (χ0n) is 6.91. The fourth-order valence-corrected chi connectivity index (χ4v) is 1.39. The molecule has 1 heterocycles. The molecule has 0 bridgehead atoms. The molecule has 1 aromatic rings. The van der Waals surface area contributed by atoms with Gasteiger partial charge in [-0.3, -0.25) is 4.79 Å². The maximum absolute atomic E-state index is 11.3. The highest BCUT2D eigenvalue weighted by atomic mass is 32.1. The summed E-state index contributed by atoms with van der Waals surface area (Å²) in [5, 5.41) is 6.42. The summed E-state index contributed by atoms with van der Waals surface area (Å²) in [6.45, 7) is 2.38. The van der Waals surface area contributed by atoms with E-state index in [-0.39, 0.29) is 11.9 Å². The van der Waals surface area contributed by atoms with E-state index < -0.39 is 0 Å². The lowest BCUT2D eigenvalue weighted by Crippen LogP contribution is -2.34. The Morgan fingerprint density at radius 2 is 2.58 bits per heavy atom. The number of hydrogen-bond acceptors (Lipinski definition) is 3. The highest BCUT2D eigenvalue weighted by Gasteiger charge is 2.04. The van der Waals surface area contributed by atoms with Crippen LogP contribution in [0.3, 0.4) is 0 Å². The maximum Gasteiger partial charge on any atom is 0.252 e. The van der Waals surface area contributed by atoms with E-state index in [1.807, 2.05) is 17.7 Å². The van der Waals surface area contributed by atoms with Gasteiger partial charge in [-0.15, -0.1) is 0 Å². The Kier molecular flexibility index (Phi) is 3.25. The zero-order chi connectivity index (χ0) is 8.97. The monoisotopic (exact) mass is 184 g/mol. The van der Waals surface area contributed by atoms with Gasteiger partial charge in [-0.05, 0) is 18.4 Å². The lowest BCUT2D eigenvalue weighted by Gasteiger charge is -2.05. The minimum absolute atomic E-state index is 0.00702. The first-order valence-corrected chi connectivity index (χ1v) is 4.70. The minimum atomic E-state index is -0.0476. The first-order valence-electron chi connectivity index (χ1n) is 3.76. The fraction of sp³-hybridized carbons (Fsp3) is 0.375. The van der Waals surface area contributed by atoms with Crippen molar-refractivity contribution in [3.05, 3.63) is 22.4 Å². The molecule has 12 heavy (non-hydrogen) atoms. The van der Waals surface area contributed by atoms with E-state index in [0.29, 0.717) is 12.1 Å². The summed E-state index contributed by atoms with van der Waals surface area (Å²) in [5.41, 5.74) is 6.19. The maximum atomic E-state index is 11.3. The molecule has 3 nitrogen and oxygen atoms in total. The van der Waals surface area contributed by atoms with Crippen LogP contribution in [-0.4, -0.2) is 18.5 Å². The minimum Gasteiger partial charge on any atom is -0.350 e. The molecular formula is C8H12N2OS. The molecule has 0 aliphatic rings. The lowest BCUT2D eigenvalue weighted by molar-refractivity contribution is 0.0952. The summed E-state index contributed by atoms with van der Waals surface area (Å²) in [6, 6.07) is 1.80. The highest BCUT2D eigenvalue weighted by molar-refractivity contribution is 7.08. The fourth-order valence-electron chi connectivity index (χ4n) is 0.749. The van der Waals surface area contributed by atoms with Crippen molar-refractivity contribution in [2.24, 2.45) is 5.73 Å². The largest absolute Gasteiger partial charge is 0.350 e. The average molecular weight is 184 g/mol. The van der Waals surface area contributed by atoms with Gasteiger partial charge >= 0.3 is 0 Å². The van der Waals surface area contributed by atoms with E-state index in [1.165, 1.54) is 11.3 Å².